The van der Waals surface area contributed by atoms with Gasteiger partial charge in [0.1, 0.15) is 34.5 Å². The smallest absolute Gasteiger partial charge is 0.341 e. The summed E-state index contributed by atoms with van der Waals surface area (Å²) in [5.41, 5.74) is 44.4. The highest BCUT2D eigenvalue weighted by Gasteiger charge is 2.32. The van der Waals surface area contributed by atoms with Crippen molar-refractivity contribution in [1.29, 1.82) is 0 Å². The monoisotopic (exact) mass is 1470 g/mol. The molecule has 3 aromatic carbocycles. The number of amides is 6. The number of ether oxygens (including phenoxy) is 6. The van der Waals surface area contributed by atoms with Gasteiger partial charge in [-0.3, -0.25) is 48.7 Å². The normalized spacial score (nSPS) is 15.4. The minimum Gasteiger partial charge on any atom is -0.496 e. The van der Waals surface area contributed by atoms with Gasteiger partial charge in [-0.2, -0.15) is 0 Å². The van der Waals surface area contributed by atoms with Gasteiger partial charge in [0.15, 0.2) is 30.4 Å². The standard InChI is InChI=1S/C71H114N20O14/c1-90(2)32-30-80-62(94)50-39-52(58(103-36-16-8-12-28-84-70(76)77)42-56(50)101-34-14-6-10-26-82-68(72)73)65(97)87-46-20-18-45(19-21-46)86-64(96)49-38-54(60(41-55(49)100-5)105-44-61(92)93)67(99)89-48-24-22-47(23-25-48)88-66(98)53-40-51(63(95)81-31-33-91(3)4)57(102-35-15-7-11-27-83-69(74)75)43-59(53)104-37-17-9-13-29-85-71(78)79/h38-43,45-48H,6-37,44H2,1-5H3,(H,80,94)(H,81,95)(H,86,96)(H,87,97)(H,88,98)(H,89,99)(H,92,93)(H4,72,73,82)(H4,74,75,83)(H4,76,77,84)(H4,78,79,85). The maximum Gasteiger partial charge on any atom is 0.341 e. The Hall–Kier alpha value is -10.2. The second-order valence-electron chi connectivity index (χ2n) is 26.4. The number of aliphatic carboxylic acids is 1. The van der Waals surface area contributed by atoms with Gasteiger partial charge in [-0.05, 0) is 175 Å². The van der Waals surface area contributed by atoms with Crippen molar-refractivity contribution in [2.45, 2.75) is 153 Å². The first-order valence-corrected chi connectivity index (χ1v) is 36.1. The second kappa shape index (κ2) is 46.5. The van der Waals surface area contributed by atoms with Gasteiger partial charge in [0.05, 0.1) is 66.9 Å². The first kappa shape index (κ1) is 85.4. The zero-order valence-corrected chi connectivity index (χ0v) is 61.7. The average Bonchev–Trinajstić information content (AvgIpc) is 0.813. The molecule has 23 N–H and O–H groups in total. The summed E-state index contributed by atoms with van der Waals surface area (Å²) in [4.78, 5) is 117. The Bertz CT molecular complexity index is 3410. The van der Waals surface area contributed by atoms with E-state index in [1.165, 1.54) is 31.4 Å². The van der Waals surface area contributed by atoms with Crippen molar-refractivity contribution in [1.82, 2.24) is 41.7 Å². The number of aliphatic imine (C=N–C) groups is 4. The van der Waals surface area contributed by atoms with Crippen molar-refractivity contribution in [2.75, 3.05) is 121 Å². The van der Waals surface area contributed by atoms with Crippen LogP contribution in [0.5, 0.6) is 34.5 Å². The maximum absolute atomic E-state index is 14.5. The molecule has 5 rings (SSSR count). The van der Waals surface area contributed by atoms with Crippen LogP contribution in [0.15, 0.2) is 56.4 Å². The van der Waals surface area contributed by atoms with Crippen LogP contribution in [0.3, 0.4) is 0 Å². The number of carbonyl (C=O) groups excluding carboxylic acids is 6. The van der Waals surface area contributed by atoms with Crippen LogP contribution < -0.4 is 106 Å². The van der Waals surface area contributed by atoms with E-state index in [1.807, 2.05) is 38.0 Å². The number of rotatable bonds is 48. The number of nitrogens with two attached hydrogens (primary N) is 8. The molecule has 0 bridgehead atoms. The highest BCUT2D eigenvalue weighted by molar-refractivity contribution is 6.06. The Morgan fingerprint density at radius 1 is 0.371 bits per heavy atom. The third-order valence-electron chi connectivity index (χ3n) is 17.2. The number of nitrogens with zero attached hydrogens (tertiary/aromatic N) is 6. The van der Waals surface area contributed by atoms with Gasteiger partial charge in [0, 0.05) is 94.7 Å². The van der Waals surface area contributed by atoms with Gasteiger partial charge in [-0.15, -0.1) is 0 Å². The zero-order chi connectivity index (χ0) is 76.6. The van der Waals surface area contributed by atoms with Gasteiger partial charge >= 0.3 is 5.97 Å². The van der Waals surface area contributed by atoms with E-state index in [9.17, 15) is 38.7 Å². The summed E-state index contributed by atoms with van der Waals surface area (Å²) in [7, 11) is 8.88. The molecule has 0 saturated heterocycles. The van der Waals surface area contributed by atoms with Crippen molar-refractivity contribution >= 4 is 65.3 Å². The number of guanidine groups is 4. The molecule has 2 aliphatic carbocycles. The van der Waals surface area contributed by atoms with Gasteiger partial charge in [-0.1, -0.05) is 0 Å². The fraction of sp³-hybridized carbons (Fsp3) is 0.592. The van der Waals surface area contributed by atoms with E-state index in [2.05, 4.69) is 51.9 Å². The molecule has 2 saturated carbocycles. The second-order valence-corrected chi connectivity index (χ2v) is 26.4. The van der Waals surface area contributed by atoms with Crippen LogP contribution in [0, 0.1) is 0 Å². The Balaban J connectivity index is 1.29. The quantitative estimate of drug-likeness (QED) is 0.0218. The van der Waals surface area contributed by atoms with Crippen molar-refractivity contribution in [3.8, 4) is 34.5 Å². The fourth-order valence-corrected chi connectivity index (χ4v) is 11.6. The lowest BCUT2D eigenvalue weighted by Crippen LogP contribution is -2.44. The number of carboxylic acids is 1. The average molecular weight is 1470 g/mol. The van der Waals surface area contributed by atoms with E-state index in [1.54, 1.807) is 12.1 Å². The molecule has 34 heteroatoms. The van der Waals surface area contributed by atoms with Crippen molar-refractivity contribution < 1.29 is 67.1 Å². The molecule has 0 aromatic heterocycles. The third kappa shape index (κ3) is 32.1. The van der Waals surface area contributed by atoms with Crippen LogP contribution in [-0.4, -0.2) is 225 Å². The predicted octanol–water partition coefficient (Wildman–Crippen LogP) is 1.97. The summed E-state index contributed by atoms with van der Waals surface area (Å²) in [6, 6.07) is 7.27. The van der Waals surface area contributed by atoms with Crippen LogP contribution in [0.2, 0.25) is 0 Å². The molecule has 2 fully saturated rings. The molecule has 105 heavy (non-hydrogen) atoms. The first-order chi connectivity index (χ1) is 50.3. The summed E-state index contributed by atoms with van der Waals surface area (Å²) in [5, 5.41) is 27.9. The largest absolute Gasteiger partial charge is 0.496 e. The van der Waals surface area contributed by atoms with Crippen molar-refractivity contribution in [2.24, 2.45) is 65.8 Å². The lowest BCUT2D eigenvalue weighted by atomic mass is 9.90. The van der Waals surface area contributed by atoms with Crippen LogP contribution in [0.25, 0.3) is 0 Å². The molecule has 582 valence electrons. The lowest BCUT2D eigenvalue weighted by molar-refractivity contribution is -0.139. The van der Waals surface area contributed by atoms with E-state index in [-0.39, 0.29) is 136 Å². The van der Waals surface area contributed by atoms with Crippen molar-refractivity contribution in [3.63, 3.8) is 0 Å². The van der Waals surface area contributed by atoms with Gasteiger partial charge in [0.25, 0.3) is 35.4 Å². The highest BCUT2D eigenvalue weighted by atomic mass is 16.5. The molecule has 2 aliphatic rings. The topological polar surface area (TPSA) is 531 Å². The summed E-state index contributed by atoms with van der Waals surface area (Å²) in [6.45, 7) is 3.80. The predicted molar refractivity (Wildman–Crippen MR) is 403 cm³/mol. The molecule has 34 nitrogen and oxygen atoms in total. The number of methoxy groups -OCH3 is 1. The van der Waals surface area contributed by atoms with Crippen molar-refractivity contribution in [3.05, 3.63) is 69.8 Å². The summed E-state index contributed by atoms with van der Waals surface area (Å²) < 4.78 is 36.3. The first-order valence-electron chi connectivity index (χ1n) is 36.1. The number of nitrogens with one attached hydrogen (secondary N) is 6. The SMILES string of the molecule is COc1cc(OCC(=O)O)c(C(=O)NC2CCC(NC(=O)c3cc(C(=O)NCCN(C)C)c(OCCCCCN=C(N)N)cc3OCCCCCN=C(N)N)CC2)cc1C(=O)NC1CCC(NC(=O)c2cc(C(=O)NCCN(C)C)c(OCCCCCN=C(N)N)cc2OCCCCCN=C(N)N)CC1. The molecular weight excluding hydrogens is 1360 g/mol. The number of carbonyl (C=O) groups is 7. The zero-order valence-electron chi connectivity index (χ0n) is 61.7. The molecule has 0 heterocycles. The van der Waals surface area contributed by atoms with Gasteiger partial charge in [0.2, 0.25) is 0 Å². The Kier molecular flexibility index (Phi) is 37.8. The molecule has 0 aliphatic heterocycles. The van der Waals surface area contributed by atoms with E-state index in [0.29, 0.717) is 142 Å². The Morgan fingerprint density at radius 3 is 0.867 bits per heavy atom. The van der Waals surface area contributed by atoms with Gasteiger partial charge in [-0.25, -0.2) is 4.79 Å². The molecule has 6 amide bonds. The number of likely N-dealkylation sites (N-methyl/N-ethyl adjacent to an activating group) is 2. The summed E-state index contributed by atoms with van der Waals surface area (Å²) in [6.07, 6.45) is 11.8. The third-order valence-corrected chi connectivity index (χ3v) is 17.2. The van der Waals surface area contributed by atoms with Crippen LogP contribution in [-0.2, 0) is 4.79 Å². The number of hydrogen-bond donors (Lipinski definition) is 15. The highest BCUT2D eigenvalue weighted by Crippen LogP contribution is 2.35. The number of carboxylic acid groups (broad SMARTS) is 1. The molecule has 0 unspecified atom stereocenters. The fourth-order valence-electron chi connectivity index (χ4n) is 11.6. The summed E-state index contributed by atoms with van der Waals surface area (Å²) in [5.74, 6) is -3.49. The van der Waals surface area contributed by atoms with Crippen LogP contribution in [0.4, 0.5) is 0 Å². The lowest BCUT2D eigenvalue weighted by Gasteiger charge is -2.30. The van der Waals surface area contributed by atoms with Gasteiger partial charge < -0.3 is 121 Å². The maximum atomic E-state index is 14.5. The molecule has 0 radical (unpaired) electrons. The summed E-state index contributed by atoms with van der Waals surface area (Å²) >= 11 is 0. The minimum absolute atomic E-state index is 0.00489. The van der Waals surface area contributed by atoms with E-state index in [4.69, 9.17) is 74.3 Å². The minimum atomic E-state index is -1.31. The van der Waals surface area contributed by atoms with Crippen LogP contribution in [0.1, 0.15) is 191 Å². The Labute approximate surface area is 615 Å². The van der Waals surface area contributed by atoms with Crippen LogP contribution >= 0.6 is 0 Å². The van der Waals surface area contributed by atoms with E-state index in [0.717, 1.165) is 38.5 Å². The Morgan fingerprint density at radius 2 is 0.619 bits per heavy atom. The van der Waals surface area contributed by atoms with E-state index >= 15 is 0 Å². The molecule has 3 aromatic rings. The number of unbranched alkanes of at least 4 members (excludes halogenated alkanes) is 8. The number of hydrogen-bond acceptors (Lipinski definition) is 19. The molecular formula is C71H114N20O14. The molecule has 0 spiro atoms. The number of benzene rings is 3. The molecule has 0 atom stereocenters. The van der Waals surface area contributed by atoms with E-state index < -0.39 is 54.1 Å².